The average molecular weight is 439 g/mol. The fraction of sp³-hybridized carbons (Fsp3) is 0.182. The third kappa shape index (κ3) is 4.26. The monoisotopic (exact) mass is 439 g/mol. The molecule has 10 heteroatoms. The van der Waals surface area contributed by atoms with E-state index in [9.17, 15) is 18.4 Å². The first-order chi connectivity index (χ1) is 15.5. The molecule has 0 saturated heterocycles. The van der Waals surface area contributed by atoms with Gasteiger partial charge in [0.15, 0.2) is 0 Å². The summed E-state index contributed by atoms with van der Waals surface area (Å²) in [7, 11) is 1.54. The second-order valence-electron chi connectivity index (χ2n) is 6.96. The molecule has 0 atom stereocenters. The predicted molar refractivity (Wildman–Crippen MR) is 112 cm³/mol. The van der Waals surface area contributed by atoms with Gasteiger partial charge in [-0.25, -0.2) is 18.7 Å². The Morgan fingerprint density at radius 3 is 2.66 bits per heavy atom. The van der Waals surface area contributed by atoms with Gasteiger partial charge in [-0.1, -0.05) is 6.07 Å². The Bertz CT molecular complexity index is 1160. The number of aromatic nitrogens is 2. The maximum absolute atomic E-state index is 14.3. The number of anilines is 2. The van der Waals surface area contributed by atoms with Crippen LogP contribution in [0.1, 0.15) is 26.4 Å². The molecule has 2 aromatic heterocycles. The Hall–Kier alpha value is -3.92. The third-order valence-electron chi connectivity index (χ3n) is 4.84. The summed E-state index contributed by atoms with van der Waals surface area (Å²) < 4.78 is 33.5. The van der Waals surface area contributed by atoms with Gasteiger partial charge < -0.3 is 20.7 Å². The van der Waals surface area contributed by atoms with Gasteiger partial charge in [-0.15, -0.1) is 0 Å². The number of benzene rings is 1. The summed E-state index contributed by atoms with van der Waals surface area (Å²) in [6.07, 6.45) is 1.38. The number of halogens is 2. The van der Waals surface area contributed by atoms with Crippen LogP contribution in [0.5, 0.6) is 0 Å². The van der Waals surface area contributed by atoms with E-state index >= 15 is 0 Å². The molecule has 0 saturated carbocycles. The van der Waals surface area contributed by atoms with Crippen LogP contribution in [-0.2, 0) is 11.3 Å². The van der Waals surface area contributed by atoms with Crippen molar-refractivity contribution in [1.29, 1.82) is 0 Å². The van der Waals surface area contributed by atoms with Gasteiger partial charge in [0, 0.05) is 19.9 Å². The molecule has 1 aromatic carbocycles. The number of hydrogen-bond donors (Lipinski definition) is 3. The first-order valence-corrected chi connectivity index (χ1v) is 9.74. The summed E-state index contributed by atoms with van der Waals surface area (Å²) in [5, 5.41) is 8.34. The minimum atomic E-state index is -0.761. The van der Waals surface area contributed by atoms with Crippen molar-refractivity contribution in [3.63, 3.8) is 0 Å². The lowest BCUT2D eigenvalue weighted by atomic mass is 10.1. The molecule has 8 nitrogen and oxygen atoms in total. The van der Waals surface area contributed by atoms with Gasteiger partial charge >= 0.3 is 0 Å². The van der Waals surface area contributed by atoms with Crippen LogP contribution < -0.4 is 16.0 Å². The number of methoxy groups -OCH3 is 1. The van der Waals surface area contributed by atoms with E-state index < -0.39 is 11.6 Å². The average Bonchev–Trinajstić information content (AvgIpc) is 3.15. The molecular weight excluding hydrogens is 420 g/mol. The Morgan fingerprint density at radius 1 is 1.19 bits per heavy atom. The SMILES string of the molecule is COCCNC(=O)c1ccc(Nc2cc(-c3c(F)cccc3F)nc3c2C(=O)NC3)nc1. The highest BCUT2D eigenvalue weighted by Gasteiger charge is 2.27. The van der Waals surface area contributed by atoms with Crippen molar-refractivity contribution in [2.75, 3.05) is 25.6 Å². The zero-order chi connectivity index (χ0) is 22.7. The Balaban J connectivity index is 1.64. The largest absolute Gasteiger partial charge is 0.383 e. The maximum Gasteiger partial charge on any atom is 0.255 e. The van der Waals surface area contributed by atoms with Crippen molar-refractivity contribution in [1.82, 2.24) is 20.6 Å². The molecule has 1 aliphatic heterocycles. The summed E-state index contributed by atoms with van der Waals surface area (Å²) in [6, 6.07) is 8.08. The normalized spacial score (nSPS) is 12.3. The number of carbonyl (C=O) groups is 2. The standard InChI is InChI=1S/C22H19F2N5O3/c1-32-8-7-25-21(30)12-5-6-18(26-10-12)29-16-9-15(19-13(23)3-2-4-14(19)24)28-17-11-27-22(31)20(16)17/h2-6,9-10H,7-8,11H2,1H3,(H,25,30)(H,27,31)(H,26,28,29). The molecular formula is C22H19F2N5O3. The van der Waals surface area contributed by atoms with E-state index in [1.54, 1.807) is 12.1 Å². The highest BCUT2D eigenvalue weighted by molar-refractivity contribution is 6.04. The van der Waals surface area contributed by atoms with Crippen molar-refractivity contribution in [2.45, 2.75) is 6.54 Å². The molecule has 1 aliphatic rings. The highest BCUT2D eigenvalue weighted by atomic mass is 19.1. The second-order valence-corrected chi connectivity index (χ2v) is 6.96. The topological polar surface area (TPSA) is 105 Å². The number of rotatable bonds is 7. The lowest BCUT2D eigenvalue weighted by Crippen LogP contribution is -2.27. The minimum Gasteiger partial charge on any atom is -0.383 e. The predicted octanol–water partition coefficient (Wildman–Crippen LogP) is 2.79. The lowest BCUT2D eigenvalue weighted by molar-refractivity contribution is 0.0935. The summed E-state index contributed by atoms with van der Waals surface area (Å²) in [4.78, 5) is 32.9. The van der Waals surface area contributed by atoms with E-state index in [0.29, 0.717) is 35.9 Å². The summed E-state index contributed by atoms with van der Waals surface area (Å²) in [5.41, 5.74) is 1.05. The molecule has 0 aliphatic carbocycles. The van der Waals surface area contributed by atoms with Crippen LogP contribution in [0.4, 0.5) is 20.3 Å². The van der Waals surface area contributed by atoms with Crippen molar-refractivity contribution >= 4 is 23.3 Å². The number of amides is 2. The van der Waals surface area contributed by atoms with Crippen LogP contribution in [0.25, 0.3) is 11.3 Å². The second kappa shape index (κ2) is 9.06. The number of nitrogens with zero attached hydrogens (tertiary/aromatic N) is 2. The van der Waals surface area contributed by atoms with Crippen LogP contribution in [0, 0.1) is 11.6 Å². The lowest BCUT2D eigenvalue weighted by Gasteiger charge is -2.13. The zero-order valence-electron chi connectivity index (χ0n) is 17.0. The van der Waals surface area contributed by atoms with Gasteiger partial charge in [-0.05, 0) is 30.3 Å². The fourth-order valence-electron chi connectivity index (χ4n) is 3.31. The molecule has 0 bridgehead atoms. The maximum atomic E-state index is 14.3. The molecule has 3 aromatic rings. The van der Waals surface area contributed by atoms with Crippen LogP contribution in [0.3, 0.4) is 0 Å². The van der Waals surface area contributed by atoms with Crippen molar-refractivity contribution in [3.8, 4) is 11.3 Å². The third-order valence-corrected chi connectivity index (χ3v) is 4.84. The smallest absolute Gasteiger partial charge is 0.255 e. The van der Waals surface area contributed by atoms with Gasteiger partial charge in [0.05, 0.1) is 46.9 Å². The number of nitrogens with one attached hydrogen (secondary N) is 3. The molecule has 2 amide bonds. The van der Waals surface area contributed by atoms with Gasteiger partial charge in [-0.2, -0.15) is 0 Å². The van der Waals surface area contributed by atoms with Crippen molar-refractivity contribution in [3.05, 3.63) is 71.1 Å². The van der Waals surface area contributed by atoms with E-state index in [1.807, 2.05) is 0 Å². The molecule has 0 fully saturated rings. The summed E-state index contributed by atoms with van der Waals surface area (Å²) in [5.74, 6) is -1.84. The number of fused-ring (bicyclic) bond motifs is 1. The number of ether oxygens (including phenoxy) is 1. The molecule has 0 radical (unpaired) electrons. The minimum absolute atomic E-state index is 0.0486. The van der Waals surface area contributed by atoms with E-state index in [0.717, 1.165) is 12.1 Å². The van der Waals surface area contributed by atoms with Gasteiger partial charge in [0.2, 0.25) is 0 Å². The van der Waals surface area contributed by atoms with Crippen LogP contribution in [0.15, 0.2) is 42.6 Å². The fourth-order valence-corrected chi connectivity index (χ4v) is 3.31. The van der Waals surface area contributed by atoms with Crippen LogP contribution in [-0.4, -0.2) is 42.0 Å². The van der Waals surface area contributed by atoms with Crippen molar-refractivity contribution in [2.24, 2.45) is 0 Å². The van der Waals surface area contributed by atoms with Gasteiger partial charge in [-0.3, -0.25) is 9.59 Å². The Kier molecular flexibility index (Phi) is 6.04. The van der Waals surface area contributed by atoms with Crippen molar-refractivity contribution < 1.29 is 23.1 Å². The zero-order valence-corrected chi connectivity index (χ0v) is 17.0. The Morgan fingerprint density at radius 2 is 1.97 bits per heavy atom. The molecule has 32 heavy (non-hydrogen) atoms. The molecule has 0 unspecified atom stereocenters. The summed E-state index contributed by atoms with van der Waals surface area (Å²) in [6.45, 7) is 0.892. The molecule has 3 heterocycles. The van der Waals surface area contributed by atoms with Crippen LogP contribution >= 0.6 is 0 Å². The molecule has 0 spiro atoms. The number of pyridine rings is 2. The van der Waals surface area contributed by atoms with E-state index in [1.165, 1.54) is 25.4 Å². The quantitative estimate of drug-likeness (QED) is 0.489. The van der Waals surface area contributed by atoms with E-state index in [4.69, 9.17) is 4.74 Å². The first-order valence-electron chi connectivity index (χ1n) is 9.74. The summed E-state index contributed by atoms with van der Waals surface area (Å²) >= 11 is 0. The first kappa shape index (κ1) is 21.3. The number of hydrogen-bond acceptors (Lipinski definition) is 6. The van der Waals surface area contributed by atoms with E-state index in [2.05, 4.69) is 25.9 Å². The van der Waals surface area contributed by atoms with Crippen LogP contribution in [0.2, 0.25) is 0 Å². The molecule has 164 valence electrons. The van der Waals surface area contributed by atoms with Gasteiger partial charge in [0.1, 0.15) is 17.5 Å². The van der Waals surface area contributed by atoms with Gasteiger partial charge in [0.25, 0.3) is 11.8 Å². The molecule has 3 N–H and O–H groups in total. The number of carbonyl (C=O) groups excluding carboxylic acids is 2. The Labute approximate surface area is 182 Å². The van der Waals surface area contributed by atoms with E-state index in [-0.39, 0.29) is 35.2 Å². The molecule has 4 rings (SSSR count). The highest BCUT2D eigenvalue weighted by Crippen LogP contribution is 2.32.